The molecule has 0 unspecified atom stereocenters. The maximum Gasteiger partial charge on any atom is 0.381 e. The van der Waals surface area contributed by atoms with Gasteiger partial charge in [-0.1, -0.05) is 39.0 Å². The number of esters is 1. The Kier molecular flexibility index (Phi) is 8.98. The molecule has 0 aliphatic heterocycles. The van der Waals surface area contributed by atoms with Crippen LogP contribution in [-0.4, -0.2) is 36.8 Å². The maximum atomic E-state index is 13.1. The van der Waals surface area contributed by atoms with Crippen molar-refractivity contribution in [2.24, 2.45) is 0 Å². The molecule has 0 radical (unpaired) electrons. The third-order valence-electron chi connectivity index (χ3n) is 3.30. The first-order chi connectivity index (χ1) is 10.9. The molecule has 0 rings (SSSR count). The Bertz CT molecular complexity index is 385. The minimum atomic E-state index is -6.35. The van der Waals surface area contributed by atoms with Crippen molar-refractivity contribution < 1.29 is 44.7 Å². The summed E-state index contributed by atoms with van der Waals surface area (Å²) in [6, 6.07) is 0. The van der Waals surface area contributed by atoms with Gasteiger partial charge >= 0.3 is 30.2 Å². The van der Waals surface area contributed by atoms with Crippen LogP contribution in [0.25, 0.3) is 0 Å². The molecule has 0 heterocycles. The molecule has 0 saturated heterocycles. The lowest BCUT2D eigenvalue weighted by Crippen LogP contribution is -2.59. The SMILES string of the molecule is CCCCCCCCC(=O)OCC(F)(F)C(F)(F)C(F)(F)C(F)F. The Morgan fingerprint density at radius 2 is 1.42 bits per heavy atom. The van der Waals surface area contributed by atoms with Crippen molar-refractivity contribution in [1.29, 1.82) is 0 Å². The van der Waals surface area contributed by atoms with Crippen LogP contribution in [0.5, 0.6) is 0 Å². The van der Waals surface area contributed by atoms with Gasteiger partial charge in [0.05, 0.1) is 0 Å². The number of ether oxygens (including phenoxy) is 1. The van der Waals surface area contributed by atoms with Crippen LogP contribution in [0.15, 0.2) is 0 Å². The summed E-state index contributed by atoms with van der Waals surface area (Å²) in [5.41, 5.74) is 0. The van der Waals surface area contributed by atoms with E-state index in [1.165, 1.54) is 0 Å². The van der Waals surface area contributed by atoms with Gasteiger partial charge in [0.15, 0.2) is 6.61 Å². The van der Waals surface area contributed by atoms with Crippen LogP contribution in [0.1, 0.15) is 51.9 Å². The van der Waals surface area contributed by atoms with Crippen LogP contribution in [-0.2, 0) is 9.53 Å². The van der Waals surface area contributed by atoms with Crippen LogP contribution in [0, 0.1) is 0 Å². The molecular formula is C14H20F8O2. The number of hydrogen-bond acceptors (Lipinski definition) is 2. The number of alkyl halides is 8. The molecule has 0 saturated carbocycles. The summed E-state index contributed by atoms with van der Waals surface area (Å²) in [5.74, 6) is -19.5. The number of carbonyl (C=O) groups excluding carboxylic acids is 1. The molecule has 0 fully saturated rings. The van der Waals surface area contributed by atoms with Gasteiger partial charge in [-0.2, -0.15) is 26.3 Å². The van der Waals surface area contributed by atoms with Gasteiger partial charge in [-0.05, 0) is 6.42 Å². The smallest absolute Gasteiger partial charge is 0.381 e. The van der Waals surface area contributed by atoms with E-state index in [1.54, 1.807) is 0 Å². The summed E-state index contributed by atoms with van der Waals surface area (Å²) in [4.78, 5) is 11.2. The van der Waals surface area contributed by atoms with Gasteiger partial charge in [-0.25, -0.2) is 8.78 Å². The van der Waals surface area contributed by atoms with E-state index < -0.39 is 36.8 Å². The number of carbonyl (C=O) groups is 1. The normalized spacial score (nSPS) is 13.4. The highest BCUT2D eigenvalue weighted by atomic mass is 19.4. The van der Waals surface area contributed by atoms with E-state index in [0.29, 0.717) is 6.42 Å². The predicted octanol–water partition coefficient (Wildman–Crippen LogP) is 5.45. The first kappa shape index (κ1) is 22.9. The molecule has 24 heavy (non-hydrogen) atoms. The second kappa shape index (κ2) is 9.41. The van der Waals surface area contributed by atoms with Crippen LogP contribution >= 0.6 is 0 Å². The Balaban J connectivity index is 4.39. The van der Waals surface area contributed by atoms with E-state index >= 15 is 0 Å². The summed E-state index contributed by atoms with van der Waals surface area (Å²) >= 11 is 0. The molecule has 0 N–H and O–H groups in total. The highest BCUT2D eigenvalue weighted by Gasteiger charge is 2.75. The van der Waals surface area contributed by atoms with Gasteiger partial charge in [-0.3, -0.25) is 4.79 Å². The maximum absolute atomic E-state index is 13.1. The van der Waals surface area contributed by atoms with E-state index in [4.69, 9.17) is 0 Å². The topological polar surface area (TPSA) is 26.3 Å². The van der Waals surface area contributed by atoms with Crippen molar-refractivity contribution in [3.63, 3.8) is 0 Å². The lowest BCUT2D eigenvalue weighted by Gasteiger charge is -2.31. The van der Waals surface area contributed by atoms with Gasteiger partial charge in [0.2, 0.25) is 0 Å². The Hall–Kier alpha value is -1.09. The number of unbranched alkanes of at least 4 members (excludes halogenated alkanes) is 5. The molecule has 0 atom stereocenters. The molecule has 0 bridgehead atoms. The molecule has 144 valence electrons. The van der Waals surface area contributed by atoms with Crippen molar-refractivity contribution in [3.8, 4) is 0 Å². The molecule has 0 aliphatic rings. The zero-order valence-electron chi connectivity index (χ0n) is 13.1. The molecule has 0 aromatic heterocycles. The average molecular weight is 372 g/mol. The second-order valence-electron chi connectivity index (χ2n) is 5.38. The minimum absolute atomic E-state index is 0.262. The predicted molar refractivity (Wildman–Crippen MR) is 69.8 cm³/mol. The Morgan fingerprint density at radius 1 is 0.917 bits per heavy atom. The summed E-state index contributed by atoms with van der Waals surface area (Å²) in [6.07, 6.45) is -0.799. The fourth-order valence-corrected chi connectivity index (χ4v) is 1.76. The van der Waals surface area contributed by atoms with Crippen LogP contribution < -0.4 is 0 Å². The molecule has 0 aromatic carbocycles. The lowest BCUT2D eigenvalue weighted by molar-refractivity contribution is -0.344. The fourth-order valence-electron chi connectivity index (χ4n) is 1.76. The molecular weight excluding hydrogens is 352 g/mol. The van der Waals surface area contributed by atoms with Gasteiger partial charge < -0.3 is 4.74 Å². The number of rotatable bonds is 12. The Labute approximate surface area is 134 Å². The van der Waals surface area contributed by atoms with E-state index in [9.17, 15) is 39.9 Å². The van der Waals surface area contributed by atoms with Crippen molar-refractivity contribution in [2.45, 2.75) is 76.1 Å². The summed E-state index contributed by atoms with van der Waals surface area (Å²) < 4.78 is 105. The summed E-state index contributed by atoms with van der Waals surface area (Å²) in [7, 11) is 0. The molecule has 0 aliphatic carbocycles. The summed E-state index contributed by atoms with van der Waals surface area (Å²) in [5, 5.41) is 0. The quantitative estimate of drug-likeness (QED) is 0.259. The fraction of sp³-hybridized carbons (Fsp3) is 0.929. The Morgan fingerprint density at radius 3 is 1.92 bits per heavy atom. The standard InChI is InChI=1S/C14H20F8O2/c1-2-3-4-5-6-7-8-10(23)24-9-12(17,18)14(21,22)13(19,20)11(15)16/h11H,2-9H2,1H3. The molecule has 2 nitrogen and oxygen atoms in total. The van der Waals surface area contributed by atoms with E-state index in [1.807, 2.05) is 6.92 Å². The third-order valence-corrected chi connectivity index (χ3v) is 3.30. The highest BCUT2D eigenvalue weighted by Crippen LogP contribution is 2.48. The average Bonchev–Trinajstić information content (AvgIpc) is 2.48. The van der Waals surface area contributed by atoms with Crippen molar-refractivity contribution in [1.82, 2.24) is 0 Å². The van der Waals surface area contributed by atoms with Crippen molar-refractivity contribution in [2.75, 3.05) is 6.61 Å². The molecule has 0 amide bonds. The van der Waals surface area contributed by atoms with E-state index in [-0.39, 0.29) is 12.8 Å². The van der Waals surface area contributed by atoms with Gasteiger partial charge in [0.25, 0.3) is 0 Å². The third kappa shape index (κ3) is 6.08. The van der Waals surface area contributed by atoms with Gasteiger partial charge in [-0.15, -0.1) is 0 Å². The van der Waals surface area contributed by atoms with Gasteiger partial charge in [0, 0.05) is 6.42 Å². The first-order valence-electron chi connectivity index (χ1n) is 7.47. The second-order valence-corrected chi connectivity index (χ2v) is 5.38. The number of hydrogen-bond donors (Lipinski definition) is 0. The monoisotopic (exact) mass is 372 g/mol. The zero-order chi connectivity index (χ0) is 19.0. The van der Waals surface area contributed by atoms with Crippen LogP contribution in [0.4, 0.5) is 35.1 Å². The molecule has 0 spiro atoms. The minimum Gasteiger partial charge on any atom is -0.459 e. The van der Waals surface area contributed by atoms with Gasteiger partial charge in [0.1, 0.15) is 0 Å². The molecule has 0 aromatic rings. The van der Waals surface area contributed by atoms with E-state index in [0.717, 1.165) is 25.7 Å². The summed E-state index contributed by atoms with van der Waals surface area (Å²) in [6.45, 7) is -0.401. The van der Waals surface area contributed by atoms with Crippen LogP contribution in [0.3, 0.4) is 0 Å². The van der Waals surface area contributed by atoms with Crippen molar-refractivity contribution >= 4 is 5.97 Å². The van der Waals surface area contributed by atoms with E-state index in [2.05, 4.69) is 4.74 Å². The lowest BCUT2D eigenvalue weighted by atomic mass is 10.1. The largest absolute Gasteiger partial charge is 0.459 e. The highest BCUT2D eigenvalue weighted by molar-refractivity contribution is 5.69. The molecule has 10 heteroatoms. The van der Waals surface area contributed by atoms with Crippen molar-refractivity contribution in [3.05, 3.63) is 0 Å². The zero-order valence-corrected chi connectivity index (χ0v) is 13.1. The number of halogens is 8. The first-order valence-corrected chi connectivity index (χ1v) is 7.47. The van der Waals surface area contributed by atoms with Crippen LogP contribution in [0.2, 0.25) is 0 Å².